The molecule has 0 aromatic rings. The minimum atomic E-state index is -0.397. The van der Waals surface area contributed by atoms with Gasteiger partial charge in [0, 0.05) is 0 Å². The average molecular weight is 380 g/mol. The van der Waals surface area contributed by atoms with Gasteiger partial charge in [-0.05, 0) is 0 Å². The molecule has 4 aliphatic heterocycles. The van der Waals surface area contributed by atoms with Gasteiger partial charge in [-0.2, -0.15) is 0 Å². The first-order valence-electron chi connectivity index (χ1n) is 6.63. The third kappa shape index (κ3) is 1.81. The molecule has 7 heteroatoms. The van der Waals surface area contributed by atoms with E-state index in [0.29, 0.717) is 10.5 Å². The predicted molar refractivity (Wildman–Crippen MR) is 57.2 cm³/mol. The van der Waals surface area contributed by atoms with Gasteiger partial charge >= 0.3 is 121 Å². The Balaban J connectivity index is 1.46. The van der Waals surface area contributed by atoms with Crippen molar-refractivity contribution < 1.29 is 45.3 Å². The van der Waals surface area contributed by atoms with Crippen LogP contribution in [0.25, 0.3) is 0 Å². The fraction of sp³-hybridized carbons (Fsp3) is 0.833. The summed E-state index contributed by atoms with van der Waals surface area (Å²) in [5, 5.41) is 0. The van der Waals surface area contributed by atoms with Gasteiger partial charge in [0.25, 0.3) is 0 Å². The van der Waals surface area contributed by atoms with E-state index >= 15 is 0 Å². The quantitative estimate of drug-likeness (QED) is 0.137. The topological polar surface area (TPSA) is 83.8 Å². The van der Waals surface area contributed by atoms with Gasteiger partial charge in [0.15, 0.2) is 0 Å². The van der Waals surface area contributed by atoms with Crippen LogP contribution < -0.4 is 25.0 Å². The standard InChI is InChI=1S/C12H15INO5/c1-2-4(10-13-14-10)11(15)18-8-6-3-5-7(17-6)9(8)19-12(5)16/h4-10,14H,2-3H2,1H3/q-1. The number of hydrogen-bond donors (Lipinski definition) is 1. The normalized spacial score (nSPS) is 47.5. The molecule has 4 saturated heterocycles. The molecule has 0 amide bonds. The first-order valence-corrected chi connectivity index (χ1v) is 8.96. The zero-order valence-corrected chi connectivity index (χ0v) is 12.5. The summed E-state index contributed by atoms with van der Waals surface area (Å²) in [5.74, 6) is -0.557. The second kappa shape index (κ2) is 4.29. The number of fused-ring (bicyclic) bond motifs is 1. The van der Waals surface area contributed by atoms with Crippen LogP contribution in [0.1, 0.15) is 19.8 Å². The molecular formula is C12H15INO5-. The van der Waals surface area contributed by atoms with Gasteiger partial charge in [0.05, 0.1) is 0 Å². The van der Waals surface area contributed by atoms with E-state index in [1.807, 2.05) is 6.92 Å². The summed E-state index contributed by atoms with van der Waals surface area (Å²) in [6.07, 6.45) is 0.288. The van der Waals surface area contributed by atoms with Crippen molar-refractivity contribution >= 4 is 11.9 Å². The van der Waals surface area contributed by atoms with Crippen LogP contribution >= 0.6 is 0 Å². The molecule has 7 unspecified atom stereocenters. The van der Waals surface area contributed by atoms with Crippen LogP contribution in [0.5, 0.6) is 0 Å². The molecule has 0 aromatic carbocycles. The molecule has 4 rings (SSSR count). The van der Waals surface area contributed by atoms with Crippen LogP contribution in [0.3, 0.4) is 0 Å². The van der Waals surface area contributed by atoms with Gasteiger partial charge in [0.1, 0.15) is 0 Å². The van der Waals surface area contributed by atoms with Crippen LogP contribution in [0, 0.1) is 11.8 Å². The number of nitrogens with one attached hydrogen (secondary N) is 1. The Labute approximate surface area is 121 Å². The Kier molecular flexibility index (Phi) is 2.79. The second-order valence-corrected chi connectivity index (χ2v) is 8.01. The zero-order chi connectivity index (χ0) is 13.1. The van der Waals surface area contributed by atoms with Gasteiger partial charge in [-0.15, -0.1) is 0 Å². The van der Waals surface area contributed by atoms with Crippen molar-refractivity contribution in [3.63, 3.8) is 0 Å². The first kappa shape index (κ1) is 12.3. The van der Waals surface area contributed by atoms with Crippen molar-refractivity contribution in [1.29, 1.82) is 0 Å². The summed E-state index contributed by atoms with van der Waals surface area (Å²) in [4.78, 5) is 23.8. The Morgan fingerprint density at radius 1 is 1.58 bits per heavy atom. The van der Waals surface area contributed by atoms with E-state index in [-0.39, 0.29) is 63.6 Å². The van der Waals surface area contributed by atoms with Gasteiger partial charge in [-0.3, -0.25) is 0 Å². The van der Waals surface area contributed by atoms with Gasteiger partial charge in [0.2, 0.25) is 0 Å². The fourth-order valence-electron chi connectivity index (χ4n) is 3.29. The van der Waals surface area contributed by atoms with Crippen LogP contribution in [0.15, 0.2) is 0 Å². The molecule has 0 saturated carbocycles. The first-order chi connectivity index (χ1) is 9.19. The third-order valence-electron chi connectivity index (χ3n) is 4.37. The molecule has 6 nitrogen and oxygen atoms in total. The summed E-state index contributed by atoms with van der Waals surface area (Å²) in [7, 11) is 0. The molecule has 7 atom stereocenters. The van der Waals surface area contributed by atoms with Crippen LogP contribution in [-0.2, 0) is 23.8 Å². The number of ether oxygens (including phenoxy) is 3. The molecular weight excluding hydrogens is 365 g/mol. The molecule has 0 aliphatic carbocycles. The number of esters is 2. The Morgan fingerprint density at radius 3 is 3.05 bits per heavy atom. The zero-order valence-electron chi connectivity index (χ0n) is 10.4. The SMILES string of the molecule is CCC(C(=O)OC1C2CC3C(=O)OC1C3O2)C1N[I-]1. The number of carbonyl (C=O) groups is 2. The number of halogens is 1. The van der Waals surface area contributed by atoms with Gasteiger partial charge in [-0.25, -0.2) is 0 Å². The molecule has 4 heterocycles. The van der Waals surface area contributed by atoms with E-state index in [1.54, 1.807) is 0 Å². The Hall–Kier alpha value is -0.410. The van der Waals surface area contributed by atoms with E-state index in [1.165, 1.54) is 0 Å². The van der Waals surface area contributed by atoms with Crippen LogP contribution in [-0.4, -0.2) is 40.4 Å². The average Bonchev–Trinajstić information content (AvgIpc) is 2.96. The van der Waals surface area contributed by atoms with E-state index in [2.05, 4.69) is 3.53 Å². The second-order valence-electron chi connectivity index (χ2n) is 5.42. The summed E-state index contributed by atoms with van der Waals surface area (Å²) in [6.45, 7) is 2.00. The summed E-state index contributed by atoms with van der Waals surface area (Å²) < 4.78 is 20.2. The summed E-state index contributed by atoms with van der Waals surface area (Å²) in [5.41, 5.74) is 0. The number of alkyl halides is 1. The van der Waals surface area contributed by atoms with Crippen molar-refractivity contribution in [2.45, 2.75) is 48.2 Å². The van der Waals surface area contributed by atoms with E-state index in [4.69, 9.17) is 14.2 Å². The summed E-state index contributed by atoms with van der Waals surface area (Å²) >= 11 is -0.0133. The van der Waals surface area contributed by atoms with E-state index in [0.717, 1.165) is 6.42 Å². The van der Waals surface area contributed by atoms with Crippen molar-refractivity contribution in [3.8, 4) is 0 Å². The summed E-state index contributed by atoms with van der Waals surface area (Å²) in [6, 6.07) is 0. The van der Waals surface area contributed by atoms with Crippen molar-refractivity contribution in [2.75, 3.05) is 0 Å². The monoisotopic (exact) mass is 380 g/mol. The Bertz CT molecular complexity index is 440. The molecule has 106 valence electrons. The van der Waals surface area contributed by atoms with Crippen molar-refractivity contribution in [1.82, 2.24) is 3.53 Å². The molecule has 19 heavy (non-hydrogen) atoms. The molecule has 0 spiro atoms. The fourth-order valence-corrected chi connectivity index (χ4v) is 5.16. The van der Waals surface area contributed by atoms with Crippen molar-refractivity contribution in [3.05, 3.63) is 0 Å². The molecule has 2 bridgehead atoms. The van der Waals surface area contributed by atoms with Crippen molar-refractivity contribution in [2.24, 2.45) is 11.8 Å². The molecule has 4 fully saturated rings. The molecule has 1 N–H and O–H groups in total. The number of carbonyl (C=O) groups excluding carboxylic acids is 2. The van der Waals surface area contributed by atoms with E-state index in [9.17, 15) is 9.59 Å². The maximum absolute atomic E-state index is 12.2. The van der Waals surface area contributed by atoms with Crippen LogP contribution in [0.2, 0.25) is 0 Å². The number of hydrogen-bond acceptors (Lipinski definition) is 6. The maximum atomic E-state index is 12.2. The molecule has 0 radical (unpaired) electrons. The number of rotatable bonds is 4. The predicted octanol–water partition coefficient (Wildman–Crippen LogP) is -3.43. The van der Waals surface area contributed by atoms with Gasteiger partial charge < -0.3 is 0 Å². The molecule has 4 aliphatic rings. The van der Waals surface area contributed by atoms with E-state index < -0.39 is 6.10 Å². The minimum absolute atomic E-state index is 0.0133. The third-order valence-corrected chi connectivity index (χ3v) is 6.58. The molecule has 0 aromatic heterocycles. The Morgan fingerprint density at radius 2 is 2.37 bits per heavy atom. The van der Waals surface area contributed by atoms with Gasteiger partial charge in [-0.1, -0.05) is 0 Å². The van der Waals surface area contributed by atoms with Crippen LogP contribution in [0.4, 0.5) is 0 Å².